The van der Waals surface area contributed by atoms with Gasteiger partial charge in [0.25, 0.3) is 0 Å². The van der Waals surface area contributed by atoms with Crippen molar-refractivity contribution >= 4 is 17.7 Å². The van der Waals surface area contributed by atoms with Crippen molar-refractivity contribution < 1.29 is 9.90 Å². The van der Waals surface area contributed by atoms with Gasteiger partial charge in [-0.2, -0.15) is 0 Å². The fourth-order valence-corrected chi connectivity index (χ4v) is 2.91. The maximum absolute atomic E-state index is 11.6. The number of rotatable bonds is 7. The van der Waals surface area contributed by atoms with Gasteiger partial charge in [0.15, 0.2) is 11.0 Å². The van der Waals surface area contributed by atoms with E-state index in [-0.39, 0.29) is 24.8 Å². The van der Waals surface area contributed by atoms with Crippen molar-refractivity contribution in [3.05, 3.63) is 29.8 Å². The van der Waals surface area contributed by atoms with E-state index in [1.807, 2.05) is 42.7 Å². The minimum atomic E-state index is -0.123. The quantitative estimate of drug-likeness (QED) is 0.755. The summed E-state index contributed by atoms with van der Waals surface area (Å²) in [6, 6.07) is 8.03. The summed E-state index contributed by atoms with van der Waals surface area (Å²) >= 11 is 1.35. The molecule has 0 aliphatic rings. The summed E-state index contributed by atoms with van der Waals surface area (Å²) in [6.07, 6.45) is 0. The molecule has 0 unspecified atom stereocenters. The monoisotopic (exact) mass is 320 g/mol. The first-order valence-electron chi connectivity index (χ1n) is 7.17. The summed E-state index contributed by atoms with van der Waals surface area (Å²) < 4.78 is 2.01. The van der Waals surface area contributed by atoms with E-state index in [0.717, 1.165) is 28.7 Å². The molecule has 7 heteroatoms. The number of nitrogens with one attached hydrogen (secondary N) is 1. The molecule has 1 amide bonds. The Hall–Kier alpha value is -1.86. The number of benzene rings is 1. The Morgan fingerprint density at radius 2 is 2.14 bits per heavy atom. The molecule has 2 rings (SSSR count). The molecule has 0 saturated heterocycles. The van der Waals surface area contributed by atoms with E-state index in [2.05, 4.69) is 15.5 Å². The highest BCUT2D eigenvalue weighted by atomic mass is 32.2. The van der Waals surface area contributed by atoms with Gasteiger partial charge < -0.3 is 15.0 Å². The zero-order valence-corrected chi connectivity index (χ0v) is 13.6. The molecule has 0 saturated carbocycles. The molecule has 0 fully saturated rings. The zero-order valence-electron chi connectivity index (χ0n) is 12.7. The molecule has 1 aromatic heterocycles. The lowest BCUT2D eigenvalue weighted by Gasteiger charge is -2.09. The Morgan fingerprint density at radius 3 is 2.82 bits per heavy atom. The predicted octanol–water partition coefficient (Wildman–Crippen LogP) is 1.47. The number of amides is 1. The van der Waals surface area contributed by atoms with Gasteiger partial charge in [0.2, 0.25) is 5.91 Å². The van der Waals surface area contributed by atoms with Crippen LogP contribution >= 0.6 is 11.8 Å². The largest absolute Gasteiger partial charge is 0.395 e. The van der Waals surface area contributed by atoms with Crippen molar-refractivity contribution in [1.82, 2.24) is 20.1 Å². The molecular weight excluding hydrogens is 300 g/mol. The lowest BCUT2D eigenvalue weighted by atomic mass is 10.1. The van der Waals surface area contributed by atoms with Crippen LogP contribution < -0.4 is 5.32 Å². The summed E-state index contributed by atoms with van der Waals surface area (Å²) in [5, 5.41) is 20.5. The topological polar surface area (TPSA) is 80.0 Å². The molecule has 2 aromatic rings. The Bertz CT molecular complexity index is 642. The van der Waals surface area contributed by atoms with Gasteiger partial charge in [-0.15, -0.1) is 10.2 Å². The van der Waals surface area contributed by atoms with Crippen molar-refractivity contribution in [3.63, 3.8) is 0 Å². The molecule has 0 atom stereocenters. The van der Waals surface area contributed by atoms with Crippen LogP contribution in [0.15, 0.2) is 29.4 Å². The van der Waals surface area contributed by atoms with Crippen molar-refractivity contribution in [2.24, 2.45) is 0 Å². The smallest absolute Gasteiger partial charge is 0.230 e. The van der Waals surface area contributed by atoms with Crippen LogP contribution in [0.25, 0.3) is 11.4 Å². The van der Waals surface area contributed by atoms with Gasteiger partial charge in [-0.3, -0.25) is 4.79 Å². The van der Waals surface area contributed by atoms with Crippen LogP contribution in [0, 0.1) is 6.92 Å². The van der Waals surface area contributed by atoms with Gasteiger partial charge in [-0.1, -0.05) is 36.0 Å². The molecule has 0 aliphatic heterocycles. The van der Waals surface area contributed by atoms with Gasteiger partial charge in [0, 0.05) is 18.7 Å². The van der Waals surface area contributed by atoms with Crippen molar-refractivity contribution in [1.29, 1.82) is 0 Å². The minimum absolute atomic E-state index is 0.0566. The molecule has 1 heterocycles. The molecule has 1 aromatic carbocycles. The highest BCUT2D eigenvalue weighted by molar-refractivity contribution is 7.99. The number of aliphatic hydroxyl groups is 1. The number of carbonyl (C=O) groups excluding carboxylic acids is 1. The molecule has 0 bridgehead atoms. The van der Waals surface area contributed by atoms with E-state index < -0.39 is 0 Å². The van der Waals surface area contributed by atoms with E-state index in [4.69, 9.17) is 5.11 Å². The highest BCUT2D eigenvalue weighted by Crippen LogP contribution is 2.25. The third kappa shape index (κ3) is 3.86. The van der Waals surface area contributed by atoms with E-state index in [0.29, 0.717) is 0 Å². The molecule has 6 nitrogen and oxygen atoms in total. The Morgan fingerprint density at radius 1 is 1.36 bits per heavy atom. The average molecular weight is 320 g/mol. The SMILES string of the molecule is CCn1c(SCC(=O)NCCO)nnc1-c1ccccc1C. The minimum Gasteiger partial charge on any atom is -0.395 e. The molecule has 0 aliphatic carbocycles. The molecule has 0 spiro atoms. The Labute approximate surface area is 133 Å². The standard InChI is InChI=1S/C15H20N4O2S/c1-3-19-14(12-7-5-4-6-11(12)2)17-18-15(19)22-10-13(21)16-8-9-20/h4-7,20H,3,8-10H2,1-2H3,(H,16,21). The number of thioether (sulfide) groups is 1. The van der Waals surface area contributed by atoms with Crippen LogP contribution in [0.5, 0.6) is 0 Å². The van der Waals surface area contributed by atoms with Crippen molar-refractivity contribution in [2.45, 2.75) is 25.5 Å². The van der Waals surface area contributed by atoms with Gasteiger partial charge in [-0.05, 0) is 19.4 Å². The normalized spacial score (nSPS) is 10.7. The van der Waals surface area contributed by atoms with Gasteiger partial charge in [0.05, 0.1) is 12.4 Å². The highest BCUT2D eigenvalue weighted by Gasteiger charge is 2.15. The molecule has 0 radical (unpaired) electrons. The van der Waals surface area contributed by atoms with Gasteiger partial charge in [-0.25, -0.2) is 0 Å². The first-order valence-corrected chi connectivity index (χ1v) is 8.15. The van der Waals surface area contributed by atoms with Gasteiger partial charge in [0.1, 0.15) is 0 Å². The van der Waals surface area contributed by atoms with Crippen LogP contribution in [0.4, 0.5) is 0 Å². The second-order valence-electron chi connectivity index (χ2n) is 4.73. The number of hydrogen-bond acceptors (Lipinski definition) is 5. The third-order valence-corrected chi connectivity index (χ3v) is 4.15. The van der Waals surface area contributed by atoms with Crippen LogP contribution in [0.1, 0.15) is 12.5 Å². The molecular formula is C15H20N4O2S. The molecule has 118 valence electrons. The van der Waals surface area contributed by atoms with E-state index in [1.54, 1.807) is 0 Å². The molecule has 22 heavy (non-hydrogen) atoms. The van der Waals surface area contributed by atoms with Crippen LogP contribution in [0.2, 0.25) is 0 Å². The van der Waals surface area contributed by atoms with Crippen LogP contribution in [0.3, 0.4) is 0 Å². The number of hydrogen-bond donors (Lipinski definition) is 2. The third-order valence-electron chi connectivity index (χ3n) is 3.19. The maximum atomic E-state index is 11.6. The number of carbonyl (C=O) groups is 1. The Balaban J connectivity index is 2.15. The van der Waals surface area contributed by atoms with Crippen molar-refractivity contribution in [2.75, 3.05) is 18.9 Å². The summed E-state index contributed by atoms with van der Waals surface area (Å²) in [7, 11) is 0. The zero-order chi connectivity index (χ0) is 15.9. The maximum Gasteiger partial charge on any atom is 0.230 e. The van der Waals surface area contributed by atoms with E-state index >= 15 is 0 Å². The first kappa shape index (κ1) is 16.5. The number of aliphatic hydroxyl groups excluding tert-OH is 1. The number of aromatic nitrogens is 3. The first-order chi connectivity index (χ1) is 10.7. The number of nitrogens with zero attached hydrogens (tertiary/aromatic N) is 3. The lowest BCUT2D eigenvalue weighted by Crippen LogP contribution is -2.28. The van der Waals surface area contributed by atoms with Gasteiger partial charge >= 0.3 is 0 Å². The van der Waals surface area contributed by atoms with E-state index in [1.165, 1.54) is 11.8 Å². The summed E-state index contributed by atoms with van der Waals surface area (Å²) in [5.41, 5.74) is 2.19. The van der Waals surface area contributed by atoms with Crippen molar-refractivity contribution in [3.8, 4) is 11.4 Å². The number of aryl methyl sites for hydroxylation is 1. The van der Waals surface area contributed by atoms with E-state index in [9.17, 15) is 4.79 Å². The molecule has 2 N–H and O–H groups in total. The fraction of sp³-hybridized carbons (Fsp3) is 0.400. The van der Waals surface area contributed by atoms with Crippen LogP contribution in [-0.2, 0) is 11.3 Å². The van der Waals surface area contributed by atoms with Crippen LogP contribution in [-0.4, -0.2) is 44.7 Å². The predicted molar refractivity (Wildman–Crippen MR) is 86.7 cm³/mol. The summed E-state index contributed by atoms with van der Waals surface area (Å²) in [6.45, 7) is 5.02. The summed E-state index contributed by atoms with van der Waals surface area (Å²) in [5.74, 6) is 0.951. The average Bonchev–Trinajstić information content (AvgIpc) is 2.94. The second-order valence-corrected chi connectivity index (χ2v) is 5.67. The Kier molecular flexibility index (Phi) is 5.97. The summed E-state index contributed by atoms with van der Waals surface area (Å²) in [4.78, 5) is 11.6. The second kappa shape index (κ2) is 7.95. The lowest BCUT2D eigenvalue weighted by molar-refractivity contribution is -0.118. The fourth-order valence-electron chi connectivity index (χ4n) is 2.08.